The maximum atomic E-state index is 11.6. The van der Waals surface area contributed by atoms with E-state index in [2.05, 4.69) is 4.99 Å². The minimum atomic E-state index is -0.448. The Morgan fingerprint density at radius 2 is 1.95 bits per heavy atom. The summed E-state index contributed by atoms with van der Waals surface area (Å²) in [5, 5.41) is 10.2. The van der Waals surface area contributed by atoms with E-state index >= 15 is 0 Å². The number of unbranched alkanes of at least 4 members (excludes halogenated alkanes) is 1. The van der Waals surface area contributed by atoms with Crippen LogP contribution in [0.15, 0.2) is 41.4 Å². The fraction of sp³-hybridized carbons (Fsp3) is 0.286. The highest BCUT2D eigenvalue weighted by Gasteiger charge is 2.05. The van der Waals surface area contributed by atoms with Crippen LogP contribution in [0.3, 0.4) is 0 Å². The zero-order valence-electron chi connectivity index (χ0n) is 11.3. The van der Waals surface area contributed by atoms with Crippen molar-refractivity contribution < 1.29 is 10.0 Å². The third-order valence-electron chi connectivity index (χ3n) is 2.54. The molecule has 0 bridgehead atoms. The molecule has 6 heteroatoms. The van der Waals surface area contributed by atoms with E-state index in [1.165, 1.54) is 6.08 Å². The molecule has 0 saturated heterocycles. The number of hydroxylamine groups is 2. The van der Waals surface area contributed by atoms with E-state index < -0.39 is 5.91 Å². The topological polar surface area (TPSA) is 105 Å². The minimum absolute atomic E-state index is 0.0488. The molecule has 0 spiro atoms. The lowest BCUT2D eigenvalue weighted by Crippen LogP contribution is -2.27. The summed E-state index contributed by atoms with van der Waals surface area (Å²) >= 11 is 0. The van der Waals surface area contributed by atoms with Gasteiger partial charge < -0.3 is 11.5 Å². The average Bonchev–Trinajstić information content (AvgIpc) is 2.45. The molecule has 5 N–H and O–H groups in total. The summed E-state index contributed by atoms with van der Waals surface area (Å²) < 4.78 is 0. The molecule has 0 heterocycles. The molecule has 0 radical (unpaired) electrons. The largest absolute Gasteiger partial charge is 0.370 e. The lowest BCUT2D eigenvalue weighted by atomic mass is 10.2. The lowest BCUT2D eigenvalue weighted by Gasteiger charge is -2.11. The van der Waals surface area contributed by atoms with Crippen LogP contribution in [0.2, 0.25) is 0 Å². The molecule has 0 aliphatic heterocycles. The van der Waals surface area contributed by atoms with E-state index in [-0.39, 0.29) is 12.5 Å². The highest BCUT2D eigenvalue weighted by atomic mass is 16.5. The molecule has 1 aromatic carbocycles. The number of hydrogen-bond acceptors (Lipinski definition) is 3. The summed E-state index contributed by atoms with van der Waals surface area (Å²) in [5.41, 5.74) is 11.3. The molecule has 0 saturated carbocycles. The maximum Gasteiger partial charge on any atom is 0.269 e. The smallest absolute Gasteiger partial charge is 0.269 e. The van der Waals surface area contributed by atoms with E-state index in [0.717, 1.165) is 5.56 Å². The number of guanidine groups is 1. The quantitative estimate of drug-likeness (QED) is 0.172. The maximum absolute atomic E-state index is 11.6. The number of rotatable bonds is 7. The Hall–Kier alpha value is -2.34. The standard InChI is InChI=1S/C14H20N4O2/c15-14(16)17-10-4-5-11-18(20)13(19)9-8-12-6-2-1-3-7-12/h1-3,6-9,20H,4-5,10-11H2,(H4,15,16,17). The summed E-state index contributed by atoms with van der Waals surface area (Å²) in [6.45, 7) is 0.738. The van der Waals surface area contributed by atoms with Crippen LogP contribution < -0.4 is 11.5 Å². The molecular formula is C14H20N4O2. The Bertz CT molecular complexity index is 467. The Morgan fingerprint density at radius 1 is 1.25 bits per heavy atom. The van der Waals surface area contributed by atoms with Gasteiger partial charge in [-0.25, -0.2) is 5.06 Å². The highest BCUT2D eigenvalue weighted by Crippen LogP contribution is 2.02. The molecule has 1 aromatic rings. The molecule has 20 heavy (non-hydrogen) atoms. The van der Waals surface area contributed by atoms with E-state index in [1.807, 2.05) is 30.3 Å². The number of benzene rings is 1. The molecule has 0 aliphatic rings. The van der Waals surface area contributed by atoms with Crippen molar-refractivity contribution in [3.63, 3.8) is 0 Å². The van der Waals surface area contributed by atoms with Crippen molar-refractivity contribution in [1.82, 2.24) is 5.06 Å². The van der Waals surface area contributed by atoms with Gasteiger partial charge in [0, 0.05) is 19.2 Å². The first-order valence-electron chi connectivity index (χ1n) is 6.38. The first kappa shape index (κ1) is 15.7. The predicted octanol–water partition coefficient (Wildman–Crippen LogP) is 0.971. The predicted molar refractivity (Wildman–Crippen MR) is 78.9 cm³/mol. The van der Waals surface area contributed by atoms with Crippen molar-refractivity contribution in [2.45, 2.75) is 12.8 Å². The molecule has 0 aliphatic carbocycles. The van der Waals surface area contributed by atoms with Gasteiger partial charge in [0.2, 0.25) is 0 Å². The summed E-state index contributed by atoms with van der Waals surface area (Å²) in [4.78, 5) is 15.4. The summed E-state index contributed by atoms with van der Waals surface area (Å²) in [6, 6.07) is 9.41. The summed E-state index contributed by atoms with van der Waals surface area (Å²) in [6.07, 6.45) is 4.32. The zero-order chi connectivity index (χ0) is 14.8. The van der Waals surface area contributed by atoms with Gasteiger partial charge in [-0.2, -0.15) is 0 Å². The molecule has 0 aromatic heterocycles. The van der Waals surface area contributed by atoms with E-state index in [1.54, 1.807) is 6.08 Å². The Labute approximate surface area is 118 Å². The first-order chi connectivity index (χ1) is 9.59. The second kappa shape index (κ2) is 8.71. The van der Waals surface area contributed by atoms with E-state index in [4.69, 9.17) is 11.5 Å². The minimum Gasteiger partial charge on any atom is -0.370 e. The van der Waals surface area contributed by atoms with Crippen LogP contribution in [-0.4, -0.2) is 35.2 Å². The van der Waals surface area contributed by atoms with Gasteiger partial charge in [-0.3, -0.25) is 15.0 Å². The summed E-state index contributed by atoms with van der Waals surface area (Å²) in [7, 11) is 0. The SMILES string of the molecule is NC(N)=NCCCCN(O)C(=O)C=Cc1ccccc1. The van der Waals surface area contributed by atoms with Crippen molar-refractivity contribution in [3.05, 3.63) is 42.0 Å². The third kappa shape index (κ3) is 6.55. The number of aliphatic imine (C=N–C) groups is 1. The highest BCUT2D eigenvalue weighted by molar-refractivity contribution is 5.90. The van der Waals surface area contributed by atoms with Crippen molar-refractivity contribution in [3.8, 4) is 0 Å². The van der Waals surface area contributed by atoms with Crippen LogP contribution in [0, 0.1) is 0 Å². The van der Waals surface area contributed by atoms with Crippen LogP contribution in [0.5, 0.6) is 0 Å². The second-order valence-electron chi connectivity index (χ2n) is 4.22. The third-order valence-corrected chi connectivity index (χ3v) is 2.54. The average molecular weight is 276 g/mol. The van der Waals surface area contributed by atoms with Crippen molar-refractivity contribution in [2.75, 3.05) is 13.1 Å². The molecule has 1 amide bonds. The zero-order valence-corrected chi connectivity index (χ0v) is 11.3. The number of amides is 1. The number of nitrogens with zero attached hydrogens (tertiary/aromatic N) is 2. The van der Waals surface area contributed by atoms with Crippen LogP contribution >= 0.6 is 0 Å². The fourth-order valence-corrected chi connectivity index (χ4v) is 1.51. The van der Waals surface area contributed by atoms with Gasteiger partial charge in [-0.05, 0) is 24.5 Å². The van der Waals surface area contributed by atoms with Gasteiger partial charge in [0.05, 0.1) is 0 Å². The number of hydrogen-bond donors (Lipinski definition) is 3. The molecule has 108 valence electrons. The molecule has 1 rings (SSSR count). The van der Waals surface area contributed by atoms with Gasteiger partial charge in [0.25, 0.3) is 5.91 Å². The normalized spacial score (nSPS) is 10.4. The van der Waals surface area contributed by atoms with Crippen LogP contribution in [0.4, 0.5) is 0 Å². The van der Waals surface area contributed by atoms with Gasteiger partial charge in [-0.15, -0.1) is 0 Å². The fourth-order valence-electron chi connectivity index (χ4n) is 1.51. The monoisotopic (exact) mass is 276 g/mol. The van der Waals surface area contributed by atoms with Gasteiger partial charge in [-0.1, -0.05) is 30.3 Å². The van der Waals surface area contributed by atoms with Crippen LogP contribution in [-0.2, 0) is 4.79 Å². The molecular weight excluding hydrogens is 256 g/mol. The Balaban J connectivity index is 2.29. The number of carbonyl (C=O) groups excluding carboxylic acids is 1. The van der Waals surface area contributed by atoms with Crippen molar-refractivity contribution >= 4 is 17.9 Å². The Kier molecular flexibility index (Phi) is 6.84. The molecule has 6 nitrogen and oxygen atoms in total. The van der Waals surface area contributed by atoms with Crippen LogP contribution in [0.1, 0.15) is 18.4 Å². The Morgan fingerprint density at radius 3 is 2.60 bits per heavy atom. The van der Waals surface area contributed by atoms with E-state index in [0.29, 0.717) is 24.4 Å². The van der Waals surface area contributed by atoms with Gasteiger partial charge in [0.15, 0.2) is 5.96 Å². The summed E-state index contributed by atoms with van der Waals surface area (Å²) in [5.74, 6) is -0.400. The first-order valence-corrected chi connectivity index (χ1v) is 6.38. The van der Waals surface area contributed by atoms with Gasteiger partial charge >= 0.3 is 0 Å². The number of carbonyl (C=O) groups is 1. The molecule has 0 atom stereocenters. The van der Waals surface area contributed by atoms with E-state index in [9.17, 15) is 10.0 Å². The number of nitrogens with two attached hydrogens (primary N) is 2. The lowest BCUT2D eigenvalue weighted by molar-refractivity contribution is -0.159. The van der Waals surface area contributed by atoms with Crippen LogP contribution in [0.25, 0.3) is 6.08 Å². The molecule has 0 fully saturated rings. The van der Waals surface area contributed by atoms with Crippen molar-refractivity contribution in [2.24, 2.45) is 16.5 Å². The second-order valence-corrected chi connectivity index (χ2v) is 4.22. The molecule has 0 unspecified atom stereocenters. The van der Waals surface area contributed by atoms with Gasteiger partial charge in [0.1, 0.15) is 0 Å². The van der Waals surface area contributed by atoms with Crippen molar-refractivity contribution in [1.29, 1.82) is 0 Å².